The first-order valence-electron chi connectivity index (χ1n) is 8.89. The molecule has 0 atom stereocenters. The van der Waals surface area contributed by atoms with E-state index in [1.165, 1.54) is 48.6 Å². The van der Waals surface area contributed by atoms with Crippen LogP contribution in [-0.4, -0.2) is 9.55 Å². The SMILES string of the molecule is Cn1ccc2c3ncccc3c3c4ccccc4c4ccccc4c3c21. The van der Waals surface area contributed by atoms with E-state index in [-0.39, 0.29) is 0 Å². The molecule has 0 fully saturated rings. The fourth-order valence-corrected chi connectivity index (χ4v) is 4.52. The smallest absolute Gasteiger partial charge is 0.0802 e. The lowest BCUT2D eigenvalue weighted by Gasteiger charge is -2.15. The molecular formula is C24H16N2. The van der Waals surface area contributed by atoms with Gasteiger partial charge in [0.15, 0.2) is 0 Å². The molecule has 0 radical (unpaired) electrons. The molecule has 0 unspecified atom stereocenters. The fraction of sp³-hybridized carbons (Fsp3) is 0.0417. The van der Waals surface area contributed by atoms with Gasteiger partial charge in [-0.1, -0.05) is 54.6 Å². The number of aryl methyl sites for hydroxylation is 1. The topological polar surface area (TPSA) is 17.8 Å². The van der Waals surface area contributed by atoms with Crippen molar-refractivity contribution in [2.24, 2.45) is 7.05 Å². The quantitative estimate of drug-likeness (QED) is 0.303. The summed E-state index contributed by atoms with van der Waals surface area (Å²) in [5.74, 6) is 0. The van der Waals surface area contributed by atoms with Crippen molar-refractivity contribution in [3.8, 4) is 0 Å². The lowest BCUT2D eigenvalue weighted by molar-refractivity contribution is 0.974. The molecule has 2 heteroatoms. The van der Waals surface area contributed by atoms with Crippen LogP contribution in [0, 0.1) is 0 Å². The highest BCUT2D eigenvalue weighted by atomic mass is 14.9. The van der Waals surface area contributed by atoms with Crippen LogP contribution in [0.5, 0.6) is 0 Å². The van der Waals surface area contributed by atoms with E-state index >= 15 is 0 Å². The van der Waals surface area contributed by atoms with Crippen LogP contribution in [0.1, 0.15) is 0 Å². The average Bonchev–Trinajstić information content (AvgIpc) is 3.09. The van der Waals surface area contributed by atoms with Gasteiger partial charge in [-0.2, -0.15) is 0 Å². The number of hydrogen-bond acceptors (Lipinski definition) is 1. The van der Waals surface area contributed by atoms with E-state index in [0.29, 0.717) is 0 Å². The maximum atomic E-state index is 4.75. The number of benzene rings is 4. The number of rotatable bonds is 0. The van der Waals surface area contributed by atoms with Crippen molar-refractivity contribution in [3.63, 3.8) is 0 Å². The summed E-state index contributed by atoms with van der Waals surface area (Å²) in [6.45, 7) is 0. The maximum Gasteiger partial charge on any atom is 0.0802 e. The monoisotopic (exact) mass is 332 g/mol. The van der Waals surface area contributed by atoms with E-state index in [9.17, 15) is 0 Å². The summed E-state index contributed by atoms with van der Waals surface area (Å²) in [5, 5.41) is 10.3. The van der Waals surface area contributed by atoms with E-state index in [4.69, 9.17) is 4.98 Å². The first-order chi connectivity index (χ1) is 12.8. The summed E-state index contributed by atoms with van der Waals surface area (Å²) >= 11 is 0. The first kappa shape index (κ1) is 13.9. The second-order valence-electron chi connectivity index (χ2n) is 6.93. The van der Waals surface area contributed by atoms with Crippen molar-refractivity contribution in [1.29, 1.82) is 0 Å². The molecule has 0 bridgehead atoms. The molecule has 2 aromatic heterocycles. The molecule has 0 aliphatic heterocycles. The van der Waals surface area contributed by atoms with Crippen LogP contribution in [0.4, 0.5) is 0 Å². The predicted molar refractivity (Wildman–Crippen MR) is 111 cm³/mol. The van der Waals surface area contributed by atoms with Crippen molar-refractivity contribution in [3.05, 3.63) is 79.1 Å². The Kier molecular flexibility index (Phi) is 2.57. The minimum absolute atomic E-state index is 1.08. The highest BCUT2D eigenvalue weighted by Gasteiger charge is 2.17. The van der Waals surface area contributed by atoms with Crippen LogP contribution in [0.15, 0.2) is 79.1 Å². The van der Waals surface area contributed by atoms with Crippen LogP contribution >= 0.6 is 0 Å². The normalized spacial score (nSPS) is 12.0. The molecule has 4 aromatic carbocycles. The molecule has 26 heavy (non-hydrogen) atoms. The largest absolute Gasteiger partial charge is 0.350 e. The Balaban J connectivity index is 2.15. The van der Waals surface area contributed by atoms with Crippen molar-refractivity contribution in [1.82, 2.24) is 9.55 Å². The van der Waals surface area contributed by atoms with Crippen LogP contribution in [0.2, 0.25) is 0 Å². The zero-order chi connectivity index (χ0) is 17.3. The van der Waals surface area contributed by atoms with Crippen LogP contribution in [0.3, 0.4) is 0 Å². The highest BCUT2D eigenvalue weighted by molar-refractivity contribution is 6.38. The standard InChI is InChI=1S/C24H16N2/c1-26-14-12-20-23-19(11-6-13-25-23)21-17-9-4-2-7-15(17)16-8-3-5-10-18(16)22(21)24(20)26/h2-14H,1H3. The molecule has 2 heterocycles. The number of fused-ring (bicyclic) bond motifs is 11. The second-order valence-corrected chi connectivity index (χ2v) is 6.93. The fourth-order valence-electron chi connectivity index (χ4n) is 4.52. The van der Waals surface area contributed by atoms with Crippen LogP contribution < -0.4 is 0 Å². The van der Waals surface area contributed by atoms with Gasteiger partial charge in [-0.05, 0) is 33.7 Å². The van der Waals surface area contributed by atoms with E-state index in [1.807, 2.05) is 12.3 Å². The molecule has 0 saturated heterocycles. The molecule has 0 amide bonds. The maximum absolute atomic E-state index is 4.75. The molecular weight excluding hydrogens is 316 g/mol. The lowest BCUT2D eigenvalue weighted by Crippen LogP contribution is -1.92. The molecule has 0 N–H and O–H groups in total. The first-order valence-corrected chi connectivity index (χ1v) is 8.89. The Labute approximate surface area is 150 Å². The van der Waals surface area contributed by atoms with E-state index in [0.717, 1.165) is 5.52 Å². The van der Waals surface area contributed by atoms with Crippen molar-refractivity contribution in [2.45, 2.75) is 0 Å². The van der Waals surface area contributed by atoms with Gasteiger partial charge in [-0.3, -0.25) is 4.98 Å². The van der Waals surface area contributed by atoms with Crippen LogP contribution in [0.25, 0.3) is 54.1 Å². The number of nitrogens with zero attached hydrogens (tertiary/aromatic N) is 2. The Morgan fingerprint density at radius 3 is 1.96 bits per heavy atom. The van der Waals surface area contributed by atoms with Gasteiger partial charge < -0.3 is 4.57 Å². The summed E-state index contributed by atoms with van der Waals surface area (Å²) in [7, 11) is 2.13. The predicted octanol–water partition coefficient (Wildman–Crippen LogP) is 6.19. The molecule has 0 aliphatic carbocycles. The molecule has 122 valence electrons. The van der Waals surface area contributed by atoms with Gasteiger partial charge in [0, 0.05) is 41.0 Å². The summed E-state index contributed by atoms with van der Waals surface area (Å²) in [5.41, 5.74) is 2.34. The van der Waals surface area contributed by atoms with E-state index in [1.54, 1.807) is 0 Å². The zero-order valence-corrected chi connectivity index (χ0v) is 14.4. The Hall–Kier alpha value is -3.39. The van der Waals surface area contributed by atoms with Gasteiger partial charge in [0.25, 0.3) is 0 Å². The van der Waals surface area contributed by atoms with Crippen LogP contribution in [-0.2, 0) is 7.05 Å². The second kappa shape index (κ2) is 4.83. The third-order valence-corrected chi connectivity index (χ3v) is 5.57. The van der Waals surface area contributed by atoms with Gasteiger partial charge in [0.1, 0.15) is 0 Å². The summed E-state index contributed by atoms with van der Waals surface area (Å²) in [6.07, 6.45) is 4.03. The lowest BCUT2D eigenvalue weighted by atomic mass is 9.90. The van der Waals surface area contributed by atoms with Crippen molar-refractivity contribution < 1.29 is 0 Å². The number of hydrogen-bond donors (Lipinski definition) is 0. The zero-order valence-electron chi connectivity index (χ0n) is 14.4. The minimum atomic E-state index is 1.08. The van der Waals surface area contributed by atoms with Crippen molar-refractivity contribution in [2.75, 3.05) is 0 Å². The van der Waals surface area contributed by atoms with Crippen molar-refractivity contribution >= 4 is 54.1 Å². The molecule has 0 spiro atoms. The highest BCUT2D eigenvalue weighted by Crippen LogP contribution is 2.43. The Bertz CT molecular complexity index is 1490. The van der Waals surface area contributed by atoms with Gasteiger partial charge in [-0.25, -0.2) is 0 Å². The molecule has 6 rings (SSSR count). The number of pyridine rings is 1. The van der Waals surface area contributed by atoms with E-state index < -0.39 is 0 Å². The van der Waals surface area contributed by atoms with Gasteiger partial charge in [0.2, 0.25) is 0 Å². The molecule has 6 aromatic rings. The van der Waals surface area contributed by atoms with Gasteiger partial charge >= 0.3 is 0 Å². The van der Waals surface area contributed by atoms with E-state index in [2.05, 4.69) is 78.5 Å². The number of aromatic nitrogens is 2. The average molecular weight is 332 g/mol. The summed E-state index contributed by atoms with van der Waals surface area (Å²) in [4.78, 5) is 4.75. The molecule has 0 saturated carbocycles. The molecule has 0 aliphatic rings. The minimum Gasteiger partial charge on any atom is -0.350 e. The Morgan fingerprint density at radius 2 is 1.23 bits per heavy atom. The van der Waals surface area contributed by atoms with Gasteiger partial charge in [-0.15, -0.1) is 0 Å². The third kappa shape index (κ3) is 1.59. The molecule has 2 nitrogen and oxygen atoms in total. The summed E-state index contributed by atoms with van der Waals surface area (Å²) < 4.78 is 2.23. The van der Waals surface area contributed by atoms with Gasteiger partial charge in [0.05, 0.1) is 11.0 Å². The third-order valence-electron chi connectivity index (χ3n) is 5.57. The summed E-state index contributed by atoms with van der Waals surface area (Å²) in [6, 6.07) is 23.9. The Morgan fingerprint density at radius 1 is 0.615 bits per heavy atom.